The summed E-state index contributed by atoms with van der Waals surface area (Å²) in [4.78, 5) is 29.1. The number of thioether (sulfide) groups is 1. The van der Waals surface area contributed by atoms with Crippen molar-refractivity contribution in [3.63, 3.8) is 0 Å². The number of hydrogen-bond donors (Lipinski definition) is 0. The minimum absolute atomic E-state index is 0.163. The quantitative estimate of drug-likeness (QED) is 0.795. The molecule has 0 aromatic rings. The molecule has 3 fully saturated rings. The number of hydrogen-bond acceptors (Lipinski definition) is 3. The number of fused-ring (bicyclic) bond motifs is 1. The Morgan fingerprint density at radius 3 is 2.55 bits per heavy atom. The van der Waals surface area contributed by atoms with Crippen molar-refractivity contribution in [2.45, 2.75) is 62.3 Å². The van der Waals surface area contributed by atoms with E-state index < -0.39 is 0 Å². The highest BCUT2D eigenvalue weighted by Gasteiger charge is 2.50. The first-order chi connectivity index (χ1) is 9.62. The molecule has 0 N–H and O–H groups in total. The van der Waals surface area contributed by atoms with E-state index in [9.17, 15) is 9.59 Å². The molecule has 2 aliphatic heterocycles. The number of nitrogens with zero attached hydrogens (tertiary/aromatic N) is 2. The van der Waals surface area contributed by atoms with Gasteiger partial charge >= 0.3 is 0 Å². The maximum Gasteiger partial charge on any atom is 0.246 e. The molecule has 0 radical (unpaired) electrons. The number of piperazine rings is 1. The minimum Gasteiger partial charge on any atom is -0.329 e. The Morgan fingerprint density at radius 1 is 1.25 bits per heavy atom. The Labute approximate surface area is 125 Å². The molecule has 1 saturated carbocycles. The molecule has 112 valence electrons. The van der Waals surface area contributed by atoms with Crippen LogP contribution in [0.3, 0.4) is 0 Å². The third-order valence-corrected chi connectivity index (χ3v) is 6.71. The molecule has 2 heterocycles. The van der Waals surface area contributed by atoms with Crippen molar-refractivity contribution in [1.29, 1.82) is 0 Å². The molecule has 0 bridgehead atoms. The van der Waals surface area contributed by atoms with Crippen LogP contribution in [0.15, 0.2) is 0 Å². The van der Waals surface area contributed by atoms with Crippen LogP contribution in [0.4, 0.5) is 0 Å². The summed E-state index contributed by atoms with van der Waals surface area (Å²) >= 11 is 1.87. The Balaban J connectivity index is 1.83. The van der Waals surface area contributed by atoms with Gasteiger partial charge in [-0.25, -0.2) is 0 Å². The lowest BCUT2D eigenvalue weighted by atomic mass is 9.83. The summed E-state index contributed by atoms with van der Waals surface area (Å²) in [6.45, 7) is 3.56. The molecule has 3 rings (SSSR count). The van der Waals surface area contributed by atoms with Gasteiger partial charge in [0.15, 0.2) is 0 Å². The molecular formula is C15H24N2O2S. The topological polar surface area (TPSA) is 40.6 Å². The fraction of sp³-hybridized carbons (Fsp3) is 0.867. The zero-order valence-corrected chi connectivity index (χ0v) is 13.2. The fourth-order valence-corrected chi connectivity index (χ4v) is 4.81. The largest absolute Gasteiger partial charge is 0.329 e. The maximum absolute atomic E-state index is 12.8. The molecule has 2 saturated heterocycles. The number of carbonyl (C=O) groups is 2. The second-order valence-corrected chi connectivity index (χ2v) is 7.59. The Morgan fingerprint density at radius 2 is 2.00 bits per heavy atom. The Bertz CT molecular complexity index is 417. The summed E-state index contributed by atoms with van der Waals surface area (Å²) in [5.41, 5.74) is 0. The van der Waals surface area contributed by atoms with Crippen LogP contribution in [0, 0.1) is 0 Å². The van der Waals surface area contributed by atoms with Crippen LogP contribution >= 0.6 is 11.8 Å². The monoisotopic (exact) mass is 296 g/mol. The predicted octanol–water partition coefficient (Wildman–Crippen LogP) is 1.88. The van der Waals surface area contributed by atoms with Crippen LogP contribution in [-0.2, 0) is 9.59 Å². The molecule has 2 amide bonds. The zero-order chi connectivity index (χ0) is 14.3. The summed E-state index contributed by atoms with van der Waals surface area (Å²) < 4.78 is 0.212. The van der Waals surface area contributed by atoms with E-state index >= 15 is 0 Å². The van der Waals surface area contributed by atoms with E-state index in [1.165, 1.54) is 19.3 Å². The standard InChI is InChI=1S/C15H24N2O2S/c1-3-11-13(18)16-9-4-6-12(16)14(19)17(11)10-15(20-2)7-5-8-15/h11-12H,3-10H2,1-2H3. The van der Waals surface area contributed by atoms with Gasteiger partial charge in [0.05, 0.1) is 0 Å². The maximum atomic E-state index is 12.8. The van der Waals surface area contributed by atoms with Crippen LogP contribution in [0.2, 0.25) is 0 Å². The molecule has 2 unspecified atom stereocenters. The first kappa shape index (κ1) is 14.2. The van der Waals surface area contributed by atoms with E-state index in [0.717, 1.165) is 32.4 Å². The van der Waals surface area contributed by atoms with Crippen LogP contribution in [-0.4, -0.2) is 57.8 Å². The van der Waals surface area contributed by atoms with E-state index in [1.54, 1.807) is 0 Å². The Hall–Kier alpha value is -0.710. The van der Waals surface area contributed by atoms with Gasteiger partial charge in [0.1, 0.15) is 12.1 Å². The van der Waals surface area contributed by atoms with Crippen molar-refractivity contribution in [2.75, 3.05) is 19.3 Å². The molecule has 20 heavy (non-hydrogen) atoms. The van der Waals surface area contributed by atoms with Crippen molar-refractivity contribution < 1.29 is 9.59 Å². The lowest BCUT2D eigenvalue weighted by molar-refractivity contribution is -0.160. The summed E-state index contributed by atoms with van der Waals surface area (Å²) in [5.74, 6) is 0.388. The van der Waals surface area contributed by atoms with Gasteiger partial charge in [0, 0.05) is 17.8 Å². The highest BCUT2D eigenvalue weighted by Crippen LogP contribution is 2.44. The van der Waals surface area contributed by atoms with E-state index in [2.05, 4.69) is 6.26 Å². The summed E-state index contributed by atoms with van der Waals surface area (Å²) in [6.07, 6.45) is 8.30. The van der Waals surface area contributed by atoms with Crippen LogP contribution < -0.4 is 0 Å². The third kappa shape index (κ3) is 2.05. The molecule has 0 aromatic carbocycles. The fourth-order valence-electron chi connectivity index (χ4n) is 3.85. The second kappa shape index (κ2) is 5.24. The van der Waals surface area contributed by atoms with Gasteiger partial charge in [-0.05, 0) is 38.4 Å². The van der Waals surface area contributed by atoms with Crippen molar-refractivity contribution >= 4 is 23.6 Å². The lowest BCUT2D eigenvalue weighted by Crippen LogP contribution is -2.65. The van der Waals surface area contributed by atoms with Gasteiger partial charge in [-0.15, -0.1) is 0 Å². The first-order valence-electron chi connectivity index (χ1n) is 7.78. The number of rotatable bonds is 4. The average molecular weight is 296 g/mol. The van der Waals surface area contributed by atoms with Crippen molar-refractivity contribution in [3.05, 3.63) is 0 Å². The third-order valence-electron chi connectivity index (χ3n) is 5.31. The van der Waals surface area contributed by atoms with Crippen LogP contribution in [0.1, 0.15) is 45.4 Å². The molecule has 0 aromatic heterocycles. The minimum atomic E-state index is -0.221. The van der Waals surface area contributed by atoms with E-state index in [1.807, 2.05) is 28.5 Å². The SMILES string of the molecule is CCC1C(=O)N2CCCC2C(=O)N1CC1(SC)CCC1. The van der Waals surface area contributed by atoms with Gasteiger partial charge in [-0.2, -0.15) is 11.8 Å². The van der Waals surface area contributed by atoms with Gasteiger partial charge in [0.2, 0.25) is 11.8 Å². The number of amides is 2. The van der Waals surface area contributed by atoms with Crippen LogP contribution in [0.25, 0.3) is 0 Å². The van der Waals surface area contributed by atoms with Gasteiger partial charge in [-0.3, -0.25) is 9.59 Å². The highest BCUT2D eigenvalue weighted by atomic mass is 32.2. The molecular weight excluding hydrogens is 272 g/mol. The normalized spacial score (nSPS) is 32.3. The van der Waals surface area contributed by atoms with E-state index in [-0.39, 0.29) is 28.6 Å². The summed E-state index contributed by atoms with van der Waals surface area (Å²) in [5, 5.41) is 0. The molecule has 0 spiro atoms. The van der Waals surface area contributed by atoms with Crippen LogP contribution in [0.5, 0.6) is 0 Å². The highest BCUT2D eigenvalue weighted by molar-refractivity contribution is 8.00. The number of carbonyl (C=O) groups excluding carboxylic acids is 2. The smallest absolute Gasteiger partial charge is 0.246 e. The Kier molecular flexibility index (Phi) is 3.73. The molecule has 1 aliphatic carbocycles. The molecule has 2 atom stereocenters. The molecule has 4 nitrogen and oxygen atoms in total. The van der Waals surface area contributed by atoms with Gasteiger partial charge in [0.25, 0.3) is 0 Å². The average Bonchev–Trinajstić information content (AvgIpc) is 2.89. The van der Waals surface area contributed by atoms with E-state index in [0.29, 0.717) is 0 Å². The van der Waals surface area contributed by atoms with E-state index in [4.69, 9.17) is 0 Å². The van der Waals surface area contributed by atoms with Gasteiger partial charge < -0.3 is 9.80 Å². The predicted molar refractivity (Wildman–Crippen MR) is 80.6 cm³/mol. The van der Waals surface area contributed by atoms with Crippen molar-refractivity contribution in [3.8, 4) is 0 Å². The van der Waals surface area contributed by atoms with Crippen molar-refractivity contribution in [1.82, 2.24) is 9.80 Å². The summed E-state index contributed by atoms with van der Waals surface area (Å²) in [7, 11) is 0. The summed E-state index contributed by atoms with van der Waals surface area (Å²) in [6, 6.07) is -0.384. The van der Waals surface area contributed by atoms with Gasteiger partial charge in [-0.1, -0.05) is 13.3 Å². The second-order valence-electron chi connectivity index (χ2n) is 6.32. The lowest BCUT2D eigenvalue weighted by Gasteiger charge is -2.49. The first-order valence-corrected chi connectivity index (χ1v) is 9.00. The van der Waals surface area contributed by atoms with Crippen molar-refractivity contribution in [2.24, 2.45) is 0 Å². The zero-order valence-electron chi connectivity index (χ0n) is 12.4. The molecule has 5 heteroatoms. The molecule has 3 aliphatic rings.